The molecule has 0 aliphatic rings. The van der Waals surface area contributed by atoms with Crippen molar-refractivity contribution in [1.29, 1.82) is 0 Å². The second-order valence-electron chi connectivity index (χ2n) is 6.24. The lowest BCUT2D eigenvalue weighted by Gasteiger charge is -2.17. The van der Waals surface area contributed by atoms with Gasteiger partial charge in [0.2, 0.25) is 11.8 Å². The fourth-order valence-corrected chi connectivity index (χ4v) is 3.96. The van der Waals surface area contributed by atoms with E-state index in [0.29, 0.717) is 0 Å². The predicted molar refractivity (Wildman–Crippen MR) is 113 cm³/mol. The lowest BCUT2D eigenvalue weighted by molar-refractivity contribution is -0.119. The van der Waals surface area contributed by atoms with Crippen LogP contribution < -0.4 is 10.6 Å². The maximum atomic E-state index is 12.3. The standard InChI is InChI=1S/C19H23N3O4S2/c1-22(12-18(23)20-14-8-4-6-10-16(14)27-2)13-19(24)21-15-9-5-7-11-17(15)28(3,25)26/h4-11H,12-13H2,1-3H3,(H,20,23)(H,21,24). The van der Waals surface area contributed by atoms with E-state index in [1.54, 1.807) is 24.1 Å². The summed E-state index contributed by atoms with van der Waals surface area (Å²) in [6.45, 7) is -0.0421. The molecule has 150 valence electrons. The van der Waals surface area contributed by atoms with Crippen LogP contribution in [0.25, 0.3) is 0 Å². The van der Waals surface area contributed by atoms with Crippen LogP contribution in [0.2, 0.25) is 0 Å². The van der Waals surface area contributed by atoms with Crippen molar-refractivity contribution in [3.63, 3.8) is 0 Å². The minimum atomic E-state index is -3.46. The average molecular weight is 422 g/mol. The zero-order valence-corrected chi connectivity index (χ0v) is 17.6. The predicted octanol–water partition coefficient (Wildman–Crippen LogP) is 2.32. The summed E-state index contributed by atoms with van der Waals surface area (Å²) in [7, 11) is -1.82. The summed E-state index contributed by atoms with van der Waals surface area (Å²) in [6, 6.07) is 13.7. The first-order valence-corrected chi connectivity index (χ1v) is 11.5. The van der Waals surface area contributed by atoms with Gasteiger partial charge in [-0.1, -0.05) is 24.3 Å². The van der Waals surface area contributed by atoms with Crippen molar-refractivity contribution in [3.05, 3.63) is 48.5 Å². The first-order chi connectivity index (χ1) is 13.2. The fraction of sp³-hybridized carbons (Fsp3) is 0.263. The summed E-state index contributed by atoms with van der Waals surface area (Å²) in [5, 5.41) is 5.43. The number of likely N-dealkylation sites (N-methyl/N-ethyl adjacent to an activating group) is 1. The number of hydrogen-bond donors (Lipinski definition) is 2. The van der Waals surface area contributed by atoms with Crippen LogP contribution in [-0.2, 0) is 19.4 Å². The van der Waals surface area contributed by atoms with Crippen LogP contribution in [0.4, 0.5) is 11.4 Å². The number of nitrogens with one attached hydrogen (secondary N) is 2. The Kier molecular flexibility index (Phi) is 7.61. The van der Waals surface area contributed by atoms with Gasteiger partial charge in [0, 0.05) is 11.2 Å². The summed E-state index contributed by atoms with van der Waals surface area (Å²) in [4.78, 5) is 27.1. The Bertz CT molecular complexity index is 961. The summed E-state index contributed by atoms with van der Waals surface area (Å²) < 4.78 is 23.6. The number of carbonyl (C=O) groups is 2. The van der Waals surface area contributed by atoms with E-state index < -0.39 is 15.7 Å². The topological polar surface area (TPSA) is 95.6 Å². The third-order valence-electron chi connectivity index (χ3n) is 3.77. The molecule has 0 atom stereocenters. The van der Waals surface area contributed by atoms with Gasteiger partial charge in [0.05, 0.1) is 29.4 Å². The van der Waals surface area contributed by atoms with E-state index in [0.717, 1.165) is 16.8 Å². The van der Waals surface area contributed by atoms with Crippen molar-refractivity contribution in [2.75, 3.05) is 43.3 Å². The molecule has 0 fully saturated rings. The van der Waals surface area contributed by atoms with Gasteiger partial charge in [-0.25, -0.2) is 8.42 Å². The lowest BCUT2D eigenvalue weighted by atomic mass is 10.3. The van der Waals surface area contributed by atoms with Crippen LogP contribution >= 0.6 is 11.8 Å². The first-order valence-electron chi connectivity index (χ1n) is 8.41. The zero-order chi connectivity index (χ0) is 20.7. The van der Waals surface area contributed by atoms with Gasteiger partial charge in [-0.2, -0.15) is 0 Å². The molecule has 0 spiro atoms. The molecule has 2 aromatic carbocycles. The molecule has 0 aliphatic heterocycles. The van der Waals surface area contributed by atoms with E-state index in [1.807, 2.05) is 30.5 Å². The van der Waals surface area contributed by atoms with E-state index in [-0.39, 0.29) is 29.6 Å². The van der Waals surface area contributed by atoms with Crippen molar-refractivity contribution >= 4 is 44.8 Å². The fourth-order valence-electron chi connectivity index (χ4n) is 2.57. The second-order valence-corrected chi connectivity index (χ2v) is 9.07. The van der Waals surface area contributed by atoms with Gasteiger partial charge < -0.3 is 10.6 Å². The van der Waals surface area contributed by atoms with E-state index in [4.69, 9.17) is 0 Å². The van der Waals surface area contributed by atoms with E-state index in [2.05, 4.69) is 10.6 Å². The molecule has 0 saturated carbocycles. The molecule has 0 aliphatic carbocycles. The maximum absolute atomic E-state index is 12.3. The molecule has 2 N–H and O–H groups in total. The van der Waals surface area contributed by atoms with Gasteiger partial charge in [0.1, 0.15) is 0 Å². The number of hydrogen-bond acceptors (Lipinski definition) is 6. The van der Waals surface area contributed by atoms with Crippen LogP contribution in [0.5, 0.6) is 0 Å². The summed E-state index contributed by atoms with van der Waals surface area (Å²) in [5.74, 6) is -0.649. The molecule has 0 bridgehead atoms. The van der Waals surface area contributed by atoms with Crippen molar-refractivity contribution in [1.82, 2.24) is 4.90 Å². The second kappa shape index (κ2) is 9.72. The lowest BCUT2D eigenvalue weighted by Crippen LogP contribution is -2.36. The van der Waals surface area contributed by atoms with Crippen LogP contribution in [0.15, 0.2) is 58.3 Å². The summed E-state index contributed by atoms with van der Waals surface area (Å²) in [6.07, 6.45) is 3.01. The summed E-state index contributed by atoms with van der Waals surface area (Å²) in [5.41, 5.74) is 0.946. The Morgan fingerprint density at radius 1 is 0.929 bits per heavy atom. The van der Waals surface area contributed by atoms with E-state index in [9.17, 15) is 18.0 Å². The molecule has 0 saturated heterocycles. The van der Waals surface area contributed by atoms with Gasteiger partial charge >= 0.3 is 0 Å². The number of carbonyl (C=O) groups excluding carboxylic acids is 2. The molecular formula is C19H23N3O4S2. The number of anilines is 2. The molecule has 28 heavy (non-hydrogen) atoms. The molecule has 0 unspecified atom stereocenters. The van der Waals surface area contributed by atoms with Gasteiger partial charge in [0.25, 0.3) is 0 Å². The highest BCUT2D eigenvalue weighted by atomic mass is 32.2. The monoisotopic (exact) mass is 421 g/mol. The molecule has 2 rings (SSSR count). The molecule has 2 amide bonds. The molecule has 7 nitrogen and oxygen atoms in total. The third kappa shape index (κ3) is 6.36. The number of thioether (sulfide) groups is 1. The highest BCUT2D eigenvalue weighted by Crippen LogP contribution is 2.24. The Morgan fingerprint density at radius 2 is 1.43 bits per heavy atom. The van der Waals surface area contributed by atoms with Crippen LogP contribution in [-0.4, -0.2) is 57.8 Å². The van der Waals surface area contributed by atoms with Gasteiger partial charge in [-0.05, 0) is 37.6 Å². The number of benzene rings is 2. The molecule has 0 radical (unpaired) electrons. The zero-order valence-electron chi connectivity index (χ0n) is 15.9. The Hall–Kier alpha value is -2.36. The van der Waals surface area contributed by atoms with Crippen molar-refractivity contribution in [3.8, 4) is 0 Å². The Labute approximate surface area is 169 Å². The van der Waals surface area contributed by atoms with E-state index >= 15 is 0 Å². The molecule has 2 aromatic rings. The number of para-hydroxylation sites is 2. The largest absolute Gasteiger partial charge is 0.324 e. The Morgan fingerprint density at radius 3 is 2.00 bits per heavy atom. The summed E-state index contributed by atoms with van der Waals surface area (Å²) >= 11 is 1.53. The first kappa shape index (κ1) is 21.9. The third-order valence-corrected chi connectivity index (χ3v) is 5.72. The van der Waals surface area contributed by atoms with Gasteiger partial charge in [-0.15, -0.1) is 11.8 Å². The van der Waals surface area contributed by atoms with Crippen LogP contribution in [0.1, 0.15) is 0 Å². The van der Waals surface area contributed by atoms with Gasteiger partial charge in [-0.3, -0.25) is 14.5 Å². The average Bonchev–Trinajstić information content (AvgIpc) is 2.61. The normalized spacial score (nSPS) is 11.3. The number of sulfone groups is 1. The van der Waals surface area contributed by atoms with Gasteiger partial charge in [0.15, 0.2) is 9.84 Å². The van der Waals surface area contributed by atoms with E-state index in [1.165, 1.54) is 23.9 Å². The van der Waals surface area contributed by atoms with Crippen LogP contribution in [0.3, 0.4) is 0 Å². The number of nitrogens with zero attached hydrogens (tertiary/aromatic N) is 1. The smallest absolute Gasteiger partial charge is 0.238 e. The minimum Gasteiger partial charge on any atom is -0.324 e. The van der Waals surface area contributed by atoms with Crippen molar-refractivity contribution in [2.24, 2.45) is 0 Å². The highest BCUT2D eigenvalue weighted by Gasteiger charge is 2.16. The molecule has 0 aromatic heterocycles. The van der Waals surface area contributed by atoms with Crippen molar-refractivity contribution in [2.45, 2.75) is 9.79 Å². The SMILES string of the molecule is CSc1ccccc1NC(=O)CN(C)CC(=O)Nc1ccccc1S(C)(=O)=O. The molecule has 9 heteroatoms. The maximum Gasteiger partial charge on any atom is 0.238 e. The quantitative estimate of drug-likeness (QED) is 0.635. The molecule has 0 heterocycles. The Balaban J connectivity index is 1.94. The number of amides is 2. The highest BCUT2D eigenvalue weighted by molar-refractivity contribution is 7.98. The van der Waals surface area contributed by atoms with Crippen LogP contribution in [0, 0.1) is 0 Å². The van der Waals surface area contributed by atoms with Crippen molar-refractivity contribution < 1.29 is 18.0 Å². The minimum absolute atomic E-state index is 0.0177. The molecular weight excluding hydrogens is 398 g/mol. The number of rotatable bonds is 8.